The van der Waals surface area contributed by atoms with Crippen LogP contribution in [-0.2, 0) is 24.2 Å². The van der Waals surface area contributed by atoms with Gasteiger partial charge in [-0.1, -0.05) is 18.1 Å². The van der Waals surface area contributed by atoms with Gasteiger partial charge in [0.1, 0.15) is 6.61 Å². The van der Waals surface area contributed by atoms with Crippen molar-refractivity contribution in [3.05, 3.63) is 46.6 Å². The minimum absolute atomic E-state index is 0.113. The molecule has 144 valence electrons. The van der Waals surface area contributed by atoms with Gasteiger partial charge in [0.15, 0.2) is 17.5 Å². The first-order chi connectivity index (χ1) is 13.0. The molecule has 1 aliphatic heterocycles. The van der Waals surface area contributed by atoms with E-state index < -0.39 is 17.7 Å². The first kappa shape index (κ1) is 17.8. The summed E-state index contributed by atoms with van der Waals surface area (Å²) in [6.45, 7) is 2.98. The lowest BCUT2D eigenvalue weighted by molar-refractivity contribution is -0.0519. The number of likely N-dealkylation sites (tertiary alicyclic amines) is 1. The largest absolute Gasteiger partial charge is 0.365 e. The van der Waals surface area contributed by atoms with Crippen molar-refractivity contribution in [2.75, 3.05) is 13.1 Å². The number of fused-ring (bicyclic) bond motifs is 1. The van der Waals surface area contributed by atoms with Crippen molar-refractivity contribution < 1.29 is 22.8 Å². The summed E-state index contributed by atoms with van der Waals surface area (Å²) in [6, 6.07) is 1.90. The Kier molecular flexibility index (Phi) is 4.77. The zero-order chi connectivity index (χ0) is 19.0. The van der Waals surface area contributed by atoms with Gasteiger partial charge in [-0.2, -0.15) is 4.98 Å². The Balaban J connectivity index is 1.26. The molecular formula is C18H20F2N4O3. The lowest BCUT2D eigenvalue weighted by Gasteiger charge is -2.39. The lowest BCUT2D eigenvalue weighted by atomic mass is 10.1. The topological polar surface area (TPSA) is 80.5 Å². The van der Waals surface area contributed by atoms with Crippen LogP contribution in [0.15, 0.2) is 16.7 Å². The smallest absolute Gasteiger partial charge is 0.318 e. The lowest BCUT2D eigenvalue weighted by Crippen LogP contribution is -2.57. The fraction of sp³-hybridized carbons (Fsp3) is 0.500. The van der Waals surface area contributed by atoms with E-state index >= 15 is 0 Å². The Morgan fingerprint density at radius 2 is 2.22 bits per heavy atom. The maximum atomic E-state index is 14.1. The number of nitrogens with zero attached hydrogens (tertiary/aromatic N) is 3. The molecular weight excluding hydrogens is 358 g/mol. The Labute approximate surface area is 154 Å². The molecule has 1 fully saturated rings. The van der Waals surface area contributed by atoms with Gasteiger partial charge < -0.3 is 19.5 Å². The molecule has 0 radical (unpaired) electrons. The van der Waals surface area contributed by atoms with E-state index in [-0.39, 0.29) is 24.3 Å². The van der Waals surface area contributed by atoms with Crippen molar-refractivity contribution in [2.24, 2.45) is 0 Å². The van der Waals surface area contributed by atoms with Gasteiger partial charge in [0.25, 0.3) is 5.89 Å². The Morgan fingerprint density at radius 3 is 2.96 bits per heavy atom. The molecule has 2 aliphatic rings. The molecule has 0 bridgehead atoms. The number of nitrogens with one attached hydrogen (secondary N) is 1. The van der Waals surface area contributed by atoms with Crippen LogP contribution in [0.3, 0.4) is 0 Å². The fourth-order valence-corrected chi connectivity index (χ4v) is 3.42. The van der Waals surface area contributed by atoms with Crippen molar-refractivity contribution in [1.82, 2.24) is 20.4 Å². The monoisotopic (exact) mass is 378 g/mol. The molecule has 4 rings (SSSR count). The summed E-state index contributed by atoms with van der Waals surface area (Å²) in [5.41, 5.74) is 1.01. The molecule has 27 heavy (non-hydrogen) atoms. The predicted molar refractivity (Wildman–Crippen MR) is 89.8 cm³/mol. The average molecular weight is 378 g/mol. The third kappa shape index (κ3) is 3.51. The van der Waals surface area contributed by atoms with E-state index in [1.54, 1.807) is 11.0 Å². The summed E-state index contributed by atoms with van der Waals surface area (Å²) in [5, 5.41) is 6.58. The van der Waals surface area contributed by atoms with Crippen molar-refractivity contribution in [2.45, 2.75) is 44.9 Å². The molecule has 1 N–H and O–H groups in total. The number of urea groups is 1. The van der Waals surface area contributed by atoms with Crippen LogP contribution >= 0.6 is 0 Å². The highest BCUT2D eigenvalue weighted by molar-refractivity contribution is 5.76. The number of carbonyl (C=O) groups is 1. The van der Waals surface area contributed by atoms with E-state index in [4.69, 9.17) is 9.26 Å². The van der Waals surface area contributed by atoms with E-state index in [0.29, 0.717) is 44.1 Å². The van der Waals surface area contributed by atoms with Gasteiger partial charge in [-0.25, -0.2) is 13.6 Å². The highest BCUT2D eigenvalue weighted by Crippen LogP contribution is 2.34. The van der Waals surface area contributed by atoms with Gasteiger partial charge >= 0.3 is 6.03 Å². The highest BCUT2D eigenvalue weighted by atomic mass is 19.2. The van der Waals surface area contributed by atoms with Crippen LogP contribution in [0.2, 0.25) is 0 Å². The summed E-state index contributed by atoms with van der Waals surface area (Å²) in [4.78, 5) is 18.1. The predicted octanol–water partition coefficient (Wildman–Crippen LogP) is 2.51. The van der Waals surface area contributed by atoms with Crippen LogP contribution in [0.5, 0.6) is 0 Å². The van der Waals surface area contributed by atoms with Crippen molar-refractivity contribution in [1.29, 1.82) is 0 Å². The maximum absolute atomic E-state index is 14.1. The number of aromatic nitrogens is 2. The second kappa shape index (κ2) is 7.22. The maximum Gasteiger partial charge on any atom is 0.318 e. The van der Waals surface area contributed by atoms with Gasteiger partial charge in [-0.15, -0.1) is 0 Å². The number of rotatable bonds is 5. The van der Waals surface area contributed by atoms with Crippen LogP contribution in [0.4, 0.5) is 13.6 Å². The van der Waals surface area contributed by atoms with E-state index in [2.05, 4.69) is 15.5 Å². The number of hydrogen-bond donors (Lipinski definition) is 1. The van der Waals surface area contributed by atoms with E-state index in [1.165, 1.54) is 0 Å². The highest BCUT2D eigenvalue weighted by Gasteiger charge is 2.35. The molecule has 9 heteroatoms. The van der Waals surface area contributed by atoms with Crippen LogP contribution in [-0.4, -0.2) is 40.3 Å². The number of carbonyl (C=O) groups excluding carboxylic acids is 1. The molecule has 1 aliphatic carbocycles. The van der Waals surface area contributed by atoms with E-state index in [0.717, 1.165) is 11.6 Å². The van der Waals surface area contributed by atoms with Crippen LogP contribution in [0.25, 0.3) is 0 Å². The third-order valence-electron chi connectivity index (χ3n) is 4.98. The first-order valence-electron chi connectivity index (χ1n) is 9.00. The Hall–Kier alpha value is -2.55. The van der Waals surface area contributed by atoms with Crippen molar-refractivity contribution in [3.63, 3.8) is 0 Å². The first-order valence-corrected chi connectivity index (χ1v) is 9.00. The van der Waals surface area contributed by atoms with Gasteiger partial charge in [0.05, 0.1) is 25.2 Å². The van der Waals surface area contributed by atoms with E-state index in [1.807, 2.05) is 6.92 Å². The standard InChI is InChI=1S/C18H20F2N4O3/c1-2-14-22-15(27-23-14)9-26-11-7-24(8-11)18(25)21-13-6-4-10-3-5-12(19)17(20)16(10)13/h3,5,11,13H,2,4,6-9H2,1H3,(H,21,25). The van der Waals surface area contributed by atoms with Crippen LogP contribution in [0, 0.1) is 11.6 Å². The normalized spacial score (nSPS) is 19.1. The minimum Gasteiger partial charge on any atom is -0.365 e. The second-order valence-electron chi connectivity index (χ2n) is 6.77. The quantitative estimate of drug-likeness (QED) is 0.865. The Bertz CT molecular complexity index is 851. The average Bonchev–Trinajstić information content (AvgIpc) is 3.24. The van der Waals surface area contributed by atoms with Crippen molar-refractivity contribution >= 4 is 6.03 Å². The fourth-order valence-electron chi connectivity index (χ4n) is 3.42. The number of ether oxygens (including phenoxy) is 1. The third-order valence-corrected chi connectivity index (χ3v) is 4.98. The van der Waals surface area contributed by atoms with Crippen molar-refractivity contribution in [3.8, 4) is 0 Å². The number of benzene rings is 1. The summed E-state index contributed by atoms with van der Waals surface area (Å²) >= 11 is 0. The summed E-state index contributed by atoms with van der Waals surface area (Å²) in [6.07, 6.45) is 1.76. The van der Waals surface area contributed by atoms with Gasteiger partial charge in [0.2, 0.25) is 0 Å². The molecule has 1 atom stereocenters. The number of halogens is 2. The molecule has 0 spiro atoms. The number of aryl methyl sites for hydroxylation is 2. The molecule has 1 aromatic carbocycles. The van der Waals surface area contributed by atoms with Crippen LogP contribution < -0.4 is 5.32 Å². The molecule has 7 nitrogen and oxygen atoms in total. The molecule has 1 unspecified atom stereocenters. The van der Waals surface area contributed by atoms with Crippen LogP contribution in [0.1, 0.15) is 42.2 Å². The number of amides is 2. The second-order valence-corrected chi connectivity index (χ2v) is 6.77. The minimum atomic E-state index is -0.889. The molecule has 2 aromatic rings. The molecule has 1 saturated heterocycles. The molecule has 2 heterocycles. The van der Waals surface area contributed by atoms with Gasteiger partial charge in [-0.3, -0.25) is 0 Å². The summed E-state index contributed by atoms with van der Waals surface area (Å²) in [7, 11) is 0. The zero-order valence-corrected chi connectivity index (χ0v) is 14.9. The zero-order valence-electron chi connectivity index (χ0n) is 14.9. The summed E-state index contributed by atoms with van der Waals surface area (Å²) < 4.78 is 38.2. The number of hydrogen-bond acceptors (Lipinski definition) is 5. The summed E-state index contributed by atoms with van der Waals surface area (Å²) in [5.74, 6) is -0.718. The molecule has 2 amide bonds. The van der Waals surface area contributed by atoms with Gasteiger partial charge in [0, 0.05) is 12.0 Å². The molecule has 0 saturated carbocycles. The SMILES string of the molecule is CCc1noc(COC2CN(C(=O)NC3CCc4ccc(F)c(F)c43)C2)n1. The van der Waals surface area contributed by atoms with E-state index in [9.17, 15) is 13.6 Å². The van der Waals surface area contributed by atoms with Gasteiger partial charge in [-0.05, 0) is 24.5 Å². The Morgan fingerprint density at radius 1 is 1.41 bits per heavy atom. The molecule has 1 aromatic heterocycles.